The van der Waals surface area contributed by atoms with Crippen LogP contribution in [0.4, 0.5) is 20.3 Å². The zero-order valence-corrected chi connectivity index (χ0v) is 22.1. The van der Waals surface area contributed by atoms with Gasteiger partial charge in [-0.3, -0.25) is 9.59 Å². The summed E-state index contributed by atoms with van der Waals surface area (Å²) >= 11 is 6.27. The second-order valence-corrected chi connectivity index (χ2v) is 9.81. The molecule has 7 nitrogen and oxygen atoms in total. The van der Waals surface area contributed by atoms with Crippen molar-refractivity contribution in [1.29, 1.82) is 0 Å². The molecule has 1 aliphatic heterocycles. The quantitative estimate of drug-likeness (QED) is 0.225. The molecular formula is C30H25ClF2N4O3. The molecule has 10 heteroatoms. The molecule has 0 fully saturated rings. The van der Waals surface area contributed by atoms with Gasteiger partial charge in [-0.15, -0.1) is 0 Å². The highest BCUT2D eigenvalue weighted by Crippen LogP contribution is 2.29. The third-order valence-corrected chi connectivity index (χ3v) is 6.76. The highest BCUT2D eigenvalue weighted by atomic mass is 35.5. The van der Waals surface area contributed by atoms with E-state index in [9.17, 15) is 18.4 Å². The number of nitrogens with zero attached hydrogens (tertiary/aromatic N) is 1. The van der Waals surface area contributed by atoms with E-state index in [2.05, 4.69) is 20.9 Å². The number of hydrogen-bond acceptors (Lipinski definition) is 5. The molecule has 1 aliphatic rings. The van der Waals surface area contributed by atoms with E-state index in [1.165, 1.54) is 6.07 Å². The number of benzene rings is 3. The number of hydrogen-bond donors (Lipinski definition) is 3. The first-order valence-electron chi connectivity index (χ1n) is 12.5. The van der Waals surface area contributed by atoms with Crippen molar-refractivity contribution in [3.8, 4) is 5.75 Å². The maximum atomic E-state index is 13.7. The topological polar surface area (TPSA) is 92.3 Å². The van der Waals surface area contributed by atoms with Crippen LogP contribution in [0, 0.1) is 11.6 Å². The lowest BCUT2D eigenvalue weighted by atomic mass is 10.1. The lowest BCUT2D eigenvalue weighted by Gasteiger charge is -2.23. The van der Waals surface area contributed by atoms with E-state index in [1.807, 2.05) is 18.2 Å². The van der Waals surface area contributed by atoms with Crippen LogP contribution < -0.4 is 20.7 Å². The smallest absolute Gasteiger partial charge is 0.255 e. The van der Waals surface area contributed by atoms with Crippen LogP contribution in [0.15, 0.2) is 79.0 Å². The highest BCUT2D eigenvalue weighted by molar-refractivity contribution is 6.30. The second-order valence-electron chi connectivity index (χ2n) is 9.38. The van der Waals surface area contributed by atoms with Crippen molar-refractivity contribution in [2.75, 3.05) is 17.2 Å². The SMILES string of the molecule is C[C@H](NC(=O)c1cccnc1N[C@@H](COc1ccc2c(c1)CC(=O)N2)c1cccc(Cl)c1)c1ccc(F)c(F)c1. The van der Waals surface area contributed by atoms with Crippen molar-refractivity contribution in [2.24, 2.45) is 0 Å². The Bertz CT molecular complexity index is 1580. The van der Waals surface area contributed by atoms with Gasteiger partial charge in [0, 0.05) is 16.9 Å². The number of fused-ring (bicyclic) bond motifs is 1. The molecule has 3 N–H and O–H groups in total. The average molecular weight is 563 g/mol. The van der Waals surface area contributed by atoms with Gasteiger partial charge in [0.25, 0.3) is 5.91 Å². The van der Waals surface area contributed by atoms with E-state index in [1.54, 1.807) is 49.5 Å². The van der Waals surface area contributed by atoms with Crippen LogP contribution >= 0.6 is 11.6 Å². The normalized spacial score (nSPS) is 13.7. The number of pyridine rings is 1. The summed E-state index contributed by atoms with van der Waals surface area (Å²) in [5.41, 5.74) is 3.10. The maximum Gasteiger partial charge on any atom is 0.255 e. The Morgan fingerprint density at radius 2 is 1.90 bits per heavy atom. The molecule has 0 unspecified atom stereocenters. The minimum absolute atomic E-state index is 0.0644. The van der Waals surface area contributed by atoms with E-state index in [0.29, 0.717) is 22.2 Å². The molecular weight excluding hydrogens is 538 g/mol. The van der Waals surface area contributed by atoms with Gasteiger partial charge in [0.1, 0.15) is 18.2 Å². The van der Waals surface area contributed by atoms with E-state index in [4.69, 9.17) is 16.3 Å². The van der Waals surface area contributed by atoms with Gasteiger partial charge in [-0.05, 0) is 78.2 Å². The van der Waals surface area contributed by atoms with E-state index >= 15 is 0 Å². The molecule has 40 heavy (non-hydrogen) atoms. The van der Waals surface area contributed by atoms with Gasteiger partial charge in [0.15, 0.2) is 11.6 Å². The lowest BCUT2D eigenvalue weighted by molar-refractivity contribution is -0.115. The molecule has 2 heterocycles. The molecule has 0 aliphatic carbocycles. The largest absolute Gasteiger partial charge is 0.491 e. The summed E-state index contributed by atoms with van der Waals surface area (Å²) in [6.45, 7) is 1.83. The minimum Gasteiger partial charge on any atom is -0.491 e. The number of rotatable bonds is 9. The number of halogens is 3. The number of nitrogens with one attached hydrogen (secondary N) is 3. The molecule has 0 bridgehead atoms. The number of carbonyl (C=O) groups is 2. The molecule has 0 spiro atoms. The van der Waals surface area contributed by atoms with Gasteiger partial charge in [-0.25, -0.2) is 13.8 Å². The summed E-state index contributed by atoms with van der Waals surface area (Å²) in [6, 6.07) is 18.3. The molecule has 0 saturated heterocycles. The predicted molar refractivity (Wildman–Crippen MR) is 149 cm³/mol. The fourth-order valence-electron chi connectivity index (χ4n) is 4.43. The number of ether oxygens (including phenoxy) is 1. The molecule has 5 rings (SSSR count). The first-order chi connectivity index (χ1) is 19.3. The van der Waals surface area contributed by atoms with Crippen LogP contribution in [0.5, 0.6) is 5.75 Å². The minimum atomic E-state index is -0.988. The average Bonchev–Trinajstić information content (AvgIpc) is 3.31. The molecule has 2 atom stereocenters. The Hall–Kier alpha value is -4.50. The number of amides is 2. The first-order valence-corrected chi connectivity index (χ1v) is 12.9. The van der Waals surface area contributed by atoms with Crippen LogP contribution in [0.2, 0.25) is 5.02 Å². The van der Waals surface area contributed by atoms with Crippen molar-refractivity contribution >= 4 is 34.9 Å². The van der Waals surface area contributed by atoms with E-state index in [0.717, 1.165) is 28.9 Å². The molecule has 2 amide bonds. The third kappa shape index (κ3) is 6.21. The number of aromatic nitrogens is 1. The predicted octanol–water partition coefficient (Wildman–Crippen LogP) is 6.23. The monoisotopic (exact) mass is 562 g/mol. The summed E-state index contributed by atoms with van der Waals surface area (Å²) in [7, 11) is 0. The summed E-state index contributed by atoms with van der Waals surface area (Å²) in [5, 5.41) is 9.44. The van der Waals surface area contributed by atoms with Crippen LogP contribution in [0.3, 0.4) is 0 Å². The van der Waals surface area contributed by atoms with Gasteiger partial charge in [-0.1, -0.05) is 29.8 Å². The van der Waals surface area contributed by atoms with Gasteiger partial charge >= 0.3 is 0 Å². The van der Waals surface area contributed by atoms with Crippen molar-refractivity contribution in [3.63, 3.8) is 0 Å². The van der Waals surface area contributed by atoms with Crippen LogP contribution in [-0.2, 0) is 11.2 Å². The Labute approximate surface area is 234 Å². The lowest BCUT2D eigenvalue weighted by Crippen LogP contribution is -2.29. The fraction of sp³-hybridized carbons (Fsp3) is 0.167. The molecule has 0 saturated carbocycles. The van der Waals surface area contributed by atoms with Gasteiger partial charge < -0.3 is 20.7 Å². The maximum absolute atomic E-state index is 13.7. The summed E-state index contributed by atoms with van der Waals surface area (Å²) in [4.78, 5) is 29.3. The number of carbonyl (C=O) groups excluding carboxylic acids is 2. The molecule has 1 aromatic heterocycles. The van der Waals surface area contributed by atoms with Crippen molar-refractivity contribution in [3.05, 3.63) is 118 Å². The Balaban J connectivity index is 1.36. The van der Waals surface area contributed by atoms with Crippen molar-refractivity contribution in [2.45, 2.75) is 25.4 Å². The molecule has 0 radical (unpaired) electrons. The molecule has 4 aromatic rings. The highest BCUT2D eigenvalue weighted by Gasteiger charge is 2.22. The Morgan fingerprint density at radius 1 is 1.05 bits per heavy atom. The zero-order chi connectivity index (χ0) is 28.2. The van der Waals surface area contributed by atoms with Crippen LogP contribution in [0.25, 0.3) is 0 Å². The molecule has 3 aromatic carbocycles. The van der Waals surface area contributed by atoms with Gasteiger partial charge in [-0.2, -0.15) is 0 Å². The standard InChI is InChI=1S/C30H25ClF2N4O3/c1-17(18-7-9-24(32)25(33)14-18)35-30(39)23-6-3-11-34-29(23)37-27(19-4-2-5-21(31)12-19)16-40-22-8-10-26-20(13-22)15-28(38)36-26/h2-14,17,27H,15-16H2,1H3,(H,34,37)(H,35,39)(H,36,38)/t17-,27-/m0/s1. The summed E-state index contributed by atoms with van der Waals surface area (Å²) < 4.78 is 33.2. The van der Waals surface area contributed by atoms with Gasteiger partial charge in [0.2, 0.25) is 5.91 Å². The van der Waals surface area contributed by atoms with Crippen LogP contribution in [-0.4, -0.2) is 23.4 Å². The Morgan fingerprint density at radius 3 is 2.70 bits per heavy atom. The first kappa shape index (κ1) is 27.1. The third-order valence-electron chi connectivity index (χ3n) is 6.52. The zero-order valence-electron chi connectivity index (χ0n) is 21.4. The van der Waals surface area contributed by atoms with E-state index < -0.39 is 29.6 Å². The summed E-state index contributed by atoms with van der Waals surface area (Å²) in [5.74, 6) is -1.57. The van der Waals surface area contributed by atoms with Crippen molar-refractivity contribution < 1.29 is 23.1 Å². The fourth-order valence-corrected chi connectivity index (χ4v) is 4.63. The van der Waals surface area contributed by atoms with Crippen molar-refractivity contribution in [1.82, 2.24) is 10.3 Å². The van der Waals surface area contributed by atoms with Crippen LogP contribution in [0.1, 0.15) is 46.1 Å². The summed E-state index contributed by atoms with van der Waals surface area (Å²) in [6.07, 6.45) is 1.84. The second kappa shape index (κ2) is 11.7. The Kier molecular flexibility index (Phi) is 7.93. The van der Waals surface area contributed by atoms with Gasteiger partial charge in [0.05, 0.1) is 24.1 Å². The molecule has 204 valence electrons. The number of anilines is 2. The van der Waals surface area contributed by atoms with E-state index in [-0.39, 0.29) is 24.5 Å².